The maximum absolute atomic E-state index is 14.0. The van der Waals surface area contributed by atoms with Gasteiger partial charge in [-0.05, 0) is 141 Å². The van der Waals surface area contributed by atoms with Gasteiger partial charge < -0.3 is 40.9 Å². The highest BCUT2D eigenvalue weighted by Gasteiger charge is 2.33. The van der Waals surface area contributed by atoms with Gasteiger partial charge in [0.25, 0.3) is 0 Å². The molecule has 3 fully saturated rings. The molecule has 296 valence electrons. The second-order valence-corrected chi connectivity index (χ2v) is 16.4. The lowest BCUT2D eigenvalue weighted by molar-refractivity contribution is -0.144. The van der Waals surface area contributed by atoms with Gasteiger partial charge in [0.05, 0.1) is 30.7 Å². The number of carbonyl (C=O) groups is 4. The van der Waals surface area contributed by atoms with E-state index in [1.165, 1.54) is 11.3 Å². The van der Waals surface area contributed by atoms with Gasteiger partial charge in [0.1, 0.15) is 12.4 Å². The molecule has 55 heavy (non-hydrogen) atoms. The van der Waals surface area contributed by atoms with E-state index >= 15 is 0 Å². The van der Waals surface area contributed by atoms with Crippen LogP contribution >= 0.6 is 11.3 Å². The molecule has 0 saturated carbocycles. The first-order valence-electron chi connectivity index (χ1n) is 19.6. The topological polar surface area (TPSA) is 178 Å². The average molecular weight is 775 g/mol. The highest BCUT2D eigenvalue weighted by Crippen LogP contribution is 2.28. The van der Waals surface area contributed by atoms with Crippen molar-refractivity contribution in [3.8, 4) is 5.75 Å². The number of nitrogens with one attached hydrogen (secondary N) is 3. The Bertz CT molecular complexity index is 1760. The summed E-state index contributed by atoms with van der Waals surface area (Å²) < 4.78 is 6.18. The summed E-state index contributed by atoms with van der Waals surface area (Å²) in [6, 6.07) is 17.3. The van der Waals surface area contributed by atoms with Gasteiger partial charge in [-0.1, -0.05) is 36.4 Å². The lowest BCUT2D eigenvalue weighted by Gasteiger charge is -2.24. The molecule has 6 rings (SSSR count). The van der Waals surface area contributed by atoms with E-state index in [9.17, 15) is 34.5 Å². The van der Waals surface area contributed by atoms with Gasteiger partial charge in [0.15, 0.2) is 0 Å². The van der Waals surface area contributed by atoms with Crippen LogP contribution in [0.4, 0.5) is 0 Å². The Kier molecular flexibility index (Phi) is 14.3. The Morgan fingerprint density at radius 1 is 0.691 bits per heavy atom. The van der Waals surface area contributed by atoms with Crippen LogP contribution in [-0.4, -0.2) is 96.5 Å². The number of thiophene rings is 1. The molecule has 2 aromatic carbocycles. The van der Waals surface area contributed by atoms with Crippen LogP contribution in [0.1, 0.15) is 46.4 Å². The molecule has 0 radical (unpaired) electrons. The van der Waals surface area contributed by atoms with Gasteiger partial charge in [0, 0.05) is 11.4 Å². The highest BCUT2D eigenvalue weighted by atomic mass is 32.1. The van der Waals surface area contributed by atoms with Gasteiger partial charge in [-0.15, -0.1) is 11.3 Å². The fourth-order valence-corrected chi connectivity index (χ4v) is 9.37. The van der Waals surface area contributed by atoms with E-state index in [1.54, 1.807) is 4.90 Å². The first-order valence-corrected chi connectivity index (χ1v) is 20.4. The maximum Gasteiger partial charge on any atom is 0.307 e. The van der Waals surface area contributed by atoms with E-state index < -0.39 is 35.7 Å². The average Bonchev–Trinajstić information content (AvgIpc) is 4.01. The van der Waals surface area contributed by atoms with Gasteiger partial charge in [-0.2, -0.15) is 0 Å². The summed E-state index contributed by atoms with van der Waals surface area (Å²) in [6.07, 6.45) is 3.91. The van der Waals surface area contributed by atoms with Gasteiger partial charge in [-0.25, -0.2) is 0 Å². The van der Waals surface area contributed by atoms with E-state index in [4.69, 9.17) is 4.74 Å². The van der Waals surface area contributed by atoms with Crippen molar-refractivity contribution in [2.24, 2.45) is 35.5 Å². The van der Waals surface area contributed by atoms with Gasteiger partial charge in [0.2, 0.25) is 5.91 Å². The first kappa shape index (κ1) is 40.4. The Hall–Kier alpha value is -4.30. The van der Waals surface area contributed by atoms with Crippen LogP contribution in [0, 0.1) is 35.5 Å². The molecule has 0 aliphatic carbocycles. The largest absolute Gasteiger partial charge is 0.492 e. The second kappa shape index (κ2) is 19.5. The molecule has 1 amide bonds. The van der Waals surface area contributed by atoms with Crippen molar-refractivity contribution < 1.29 is 39.2 Å². The first-order chi connectivity index (χ1) is 26.6. The van der Waals surface area contributed by atoms with Crippen LogP contribution in [0.25, 0.3) is 0 Å². The smallest absolute Gasteiger partial charge is 0.307 e. The predicted molar refractivity (Wildman–Crippen MR) is 209 cm³/mol. The molecule has 4 heterocycles. The number of benzene rings is 2. The van der Waals surface area contributed by atoms with Crippen LogP contribution in [0.3, 0.4) is 0 Å². The Labute approximate surface area is 326 Å². The molecule has 6 N–H and O–H groups in total. The van der Waals surface area contributed by atoms with E-state index in [2.05, 4.69) is 16.0 Å². The molecule has 3 aliphatic rings. The molecular weight excluding hydrogens is 721 g/mol. The molecule has 3 saturated heterocycles. The van der Waals surface area contributed by atoms with E-state index in [-0.39, 0.29) is 43.2 Å². The minimum Gasteiger partial charge on any atom is -0.492 e. The maximum atomic E-state index is 14.0. The summed E-state index contributed by atoms with van der Waals surface area (Å²) in [7, 11) is 0. The van der Waals surface area contributed by atoms with E-state index in [0.29, 0.717) is 51.2 Å². The standard InChI is InChI=1S/C42H54N4O8S/c47-39(21-35-17-30(26-55-35)20-38(42(52)53)33-9-12-45-24-33)46(25-29-5-1-3-27(15-29)18-36(40(48)49)31-7-10-43-22-31)13-14-54-34-6-2-4-28(16-34)19-37(41(50)51)32-8-11-44-23-32/h1-6,15-17,26,31-33,36-38,43-45H,7-14,18-25H2,(H,48,49)(H,50,51)(H,52,53). The molecule has 1 aromatic heterocycles. The SMILES string of the molecule is O=C(O)C(Cc1cccc(CN(CCOc2cccc(CC(C(=O)O)C3CCNC3)c2)C(=O)Cc2cc(CC(C(=O)O)C3CCNC3)cs2)c1)C1CCNC1. The fraction of sp³-hybridized carbons (Fsp3) is 0.524. The summed E-state index contributed by atoms with van der Waals surface area (Å²) in [5, 5.41) is 41.7. The zero-order valence-electron chi connectivity index (χ0n) is 31.3. The Morgan fingerprint density at radius 2 is 1.20 bits per heavy atom. The quantitative estimate of drug-likeness (QED) is 0.0980. The monoisotopic (exact) mass is 774 g/mol. The number of ether oxygens (including phenoxy) is 1. The van der Waals surface area contributed by atoms with Crippen LogP contribution in [0.5, 0.6) is 5.75 Å². The van der Waals surface area contributed by atoms with Crippen molar-refractivity contribution in [2.45, 2.75) is 51.5 Å². The number of nitrogens with zero attached hydrogens (tertiary/aromatic N) is 1. The summed E-state index contributed by atoms with van der Waals surface area (Å²) >= 11 is 1.47. The molecule has 0 spiro atoms. The molecule has 3 aliphatic heterocycles. The van der Waals surface area contributed by atoms with Crippen molar-refractivity contribution >= 4 is 35.2 Å². The molecule has 13 heteroatoms. The molecule has 6 unspecified atom stereocenters. The zero-order chi connectivity index (χ0) is 38.7. The Balaban J connectivity index is 1.13. The van der Waals surface area contributed by atoms with Gasteiger partial charge >= 0.3 is 17.9 Å². The zero-order valence-corrected chi connectivity index (χ0v) is 32.1. The highest BCUT2D eigenvalue weighted by molar-refractivity contribution is 7.10. The number of hydrogen-bond donors (Lipinski definition) is 6. The van der Waals surface area contributed by atoms with Crippen LogP contribution in [0.15, 0.2) is 60.0 Å². The van der Waals surface area contributed by atoms with Crippen LogP contribution in [-0.2, 0) is 51.4 Å². The number of amides is 1. The summed E-state index contributed by atoms with van der Waals surface area (Å²) in [5.74, 6) is -3.10. The fourth-order valence-electron chi connectivity index (χ4n) is 8.48. The van der Waals surface area contributed by atoms with Crippen molar-refractivity contribution in [1.82, 2.24) is 20.9 Å². The van der Waals surface area contributed by atoms with Crippen molar-refractivity contribution in [1.29, 1.82) is 0 Å². The number of rotatable bonds is 20. The third-order valence-corrected chi connectivity index (χ3v) is 12.6. The van der Waals surface area contributed by atoms with Crippen LogP contribution in [0.2, 0.25) is 0 Å². The summed E-state index contributed by atoms with van der Waals surface area (Å²) in [6.45, 7) is 5.38. The third-order valence-electron chi connectivity index (χ3n) is 11.6. The Morgan fingerprint density at radius 3 is 1.73 bits per heavy atom. The second-order valence-electron chi connectivity index (χ2n) is 15.4. The molecular formula is C42H54N4O8S. The predicted octanol–water partition coefficient (Wildman–Crippen LogP) is 3.96. The number of carbonyl (C=O) groups excluding carboxylic acids is 1. The molecule has 6 atom stereocenters. The number of carboxylic acid groups (broad SMARTS) is 3. The molecule has 3 aromatic rings. The molecule has 0 bridgehead atoms. The van der Waals surface area contributed by atoms with Crippen molar-refractivity contribution in [2.75, 3.05) is 52.4 Å². The number of carboxylic acids is 3. The molecule has 12 nitrogen and oxygen atoms in total. The number of hydrogen-bond acceptors (Lipinski definition) is 9. The normalized spacial score (nSPS) is 21.2. The van der Waals surface area contributed by atoms with E-state index in [1.807, 2.05) is 60.0 Å². The minimum absolute atomic E-state index is 0.0703. The van der Waals surface area contributed by atoms with E-state index in [0.717, 1.165) is 66.0 Å². The lowest BCUT2D eigenvalue weighted by Crippen LogP contribution is -2.35. The summed E-state index contributed by atoms with van der Waals surface area (Å²) in [4.78, 5) is 53.1. The van der Waals surface area contributed by atoms with Gasteiger partial charge in [-0.3, -0.25) is 19.2 Å². The van der Waals surface area contributed by atoms with Crippen LogP contribution < -0.4 is 20.7 Å². The van der Waals surface area contributed by atoms with Crippen molar-refractivity contribution in [3.05, 3.63) is 87.1 Å². The third kappa shape index (κ3) is 11.4. The minimum atomic E-state index is -0.795. The number of aliphatic carboxylic acids is 3. The summed E-state index contributed by atoms with van der Waals surface area (Å²) in [5.41, 5.74) is 3.62. The van der Waals surface area contributed by atoms with Crippen molar-refractivity contribution in [3.63, 3.8) is 0 Å². The lowest BCUT2D eigenvalue weighted by atomic mass is 9.86.